The van der Waals surface area contributed by atoms with Crippen LogP contribution in [0, 0.1) is 5.41 Å². The highest BCUT2D eigenvalue weighted by atomic mass is 14.2. The fourth-order valence-corrected chi connectivity index (χ4v) is 1.35. The van der Waals surface area contributed by atoms with Crippen molar-refractivity contribution >= 4 is 0 Å². The molecule has 0 aliphatic carbocycles. The van der Waals surface area contributed by atoms with Crippen LogP contribution in [0.2, 0.25) is 0 Å². The fraction of sp³-hybridized carbons (Fsp3) is 0.800. The first-order valence-electron chi connectivity index (χ1n) is 4.32. The summed E-state index contributed by atoms with van der Waals surface area (Å²) in [6.45, 7) is 8.94. The maximum absolute atomic E-state index is 2.33. The van der Waals surface area contributed by atoms with Gasteiger partial charge < -0.3 is 0 Å². The second kappa shape index (κ2) is 4.54. The SMILES string of the molecule is C/C=C/C(C)(CC)CCC. The zero-order valence-corrected chi connectivity index (χ0v) is 7.78. The Hall–Kier alpha value is -0.260. The van der Waals surface area contributed by atoms with E-state index in [-0.39, 0.29) is 0 Å². The lowest BCUT2D eigenvalue weighted by atomic mass is 9.83. The Morgan fingerprint density at radius 3 is 2.20 bits per heavy atom. The number of allylic oxidation sites excluding steroid dienone is 2. The second-order valence-electron chi connectivity index (χ2n) is 3.26. The highest BCUT2D eigenvalue weighted by Crippen LogP contribution is 2.28. The van der Waals surface area contributed by atoms with Crippen molar-refractivity contribution in [1.82, 2.24) is 0 Å². The molecule has 0 bridgehead atoms. The Kier molecular flexibility index (Phi) is 4.42. The predicted molar refractivity (Wildman–Crippen MR) is 48.1 cm³/mol. The molecule has 0 aliphatic heterocycles. The van der Waals surface area contributed by atoms with Crippen LogP contribution in [-0.4, -0.2) is 0 Å². The van der Waals surface area contributed by atoms with Crippen LogP contribution >= 0.6 is 0 Å². The van der Waals surface area contributed by atoms with E-state index in [4.69, 9.17) is 0 Å². The van der Waals surface area contributed by atoms with Crippen LogP contribution in [0.3, 0.4) is 0 Å². The number of hydrogen-bond donors (Lipinski definition) is 0. The van der Waals surface area contributed by atoms with Gasteiger partial charge in [-0.1, -0.05) is 39.3 Å². The first kappa shape index (κ1) is 9.74. The molecule has 0 spiro atoms. The molecule has 10 heavy (non-hydrogen) atoms. The average Bonchev–Trinajstić information content (AvgIpc) is 1.89. The molecule has 0 saturated carbocycles. The highest BCUT2D eigenvalue weighted by molar-refractivity contribution is 4.94. The van der Waals surface area contributed by atoms with Crippen LogP contribution in [0.1, 0.15) is 47.0 Å². The normalized spacial score (nSPS) is 17.6. The van der Waals surface area contributed by atoms with Crippen LogP contribution in [0.5, 0.6) is 0 Å². The van der Waals surface area contributed by atoms with Gasteiger partial charge in [0.15, 0.2) is 0 Å². The van der Waals surface area contributed by atoms with Gasteiger partial charge in [0.1, 0.15) is 0 Å². The van der Waals surface area contributed by atoms with E-state index in [9.17, 15) is 0 Å². The summed E-state index contributed by atoms with van der Waals surface area (Å²) in [7, 11) is 0. The van der Waals surface area contributed by atoms with E-state index in [1.165, 1.54) is 19.3 Å². The van der Waals surface area contributed by atoms with Gasteiger partial charge in [0, 0.05) is 0 Å². The van der Waals surface area contributed by atoms with Gasteiger partial charge in [-0.15, -0.1) is 0 Å². The van der Waals surface area contributed by atoms with Crippen molar-refractivity contribution in [2.75, 3.05) is 0 Å². The largest absolute Gasteiger partial charge is 0.0911 e. The van der Waals surface area contributed by atoms with E-state index in [2.05, 4.69) is 39.8 Å². The molecule has 0 aliphatic rings. The first-order valence-corrected chi connectivity index (χ1v) is 4.32. The summed E-state index contributed by atoms with van der Waals surface area (Å²) in [5.74, 6) is 0. The van der Waals surface area contributed by atoms with E-state index in [1.807, 2.05) is 0 Å². The van der Waals surface area contributed by atoms with Gasteiger partial charge in [-0.25, -0.2) is 0 Å². The quantitative estimate of drug-likeness (QED) is 0.521. The van der Waals surface area contributed by atoms with Crippen molar-refractivity contribution in [2.45, 2.75) is 47.0 Å². The molecule has 1 unspecified atom stereocenters. The molecule has 0 rings (SSSR count). The van der Waals surface area contributed by atoms with Crippen molar-refractivity contribution in [3.05, 3.63) is 12.2 Å². The summed E-state index contributed by atoms with van der Waals surface area (Å²) in [5, 5.41) is 0. The van der Waals surface area contributed by atoms with Gasteiger partial charge in [-0.3, -0.25) is 0 Å². The van der Waals surface area contributed by atoms with Crippen molar-refractivity contribution in [1.29, 1.82) is 0 Å². The van der Waals surface area contributed by atoms with Gasteiger partial charge in [0.25, 0.3) is 0 Å². The van der Waals surface area contributed by atoms with E-state index in [0.29, 0.717) is 5.41 Å². The molecule has 0 radical (unpaired) electrons. The van der Waals surface area contributed by atoms with Gasteiger partial charge in [-0.05, 0) is 25.2 Å². The molecule has 0 N–H and O–H groups in total. The summed E-state index contributed by atoms with van der Waals surface area (Å²) in [6, 6.07) is 0. The third-order valence-electron chi connectivity index (χ3n) is 2.20. The molecule has 0 saturated heterocycles. The lowest BCUT2D eigenvalue weighted by molar-refractivity contribution is 0.372. The first-order chi connectivity index (χ1) is 4.68. The molecule has 0 amide bonds. The molecule has 1 atom stereocenters. The Balaban J connectivity index is 3.94. The maximum Gasteiger partial charge on any atom is -0.0149 e. The molecule has 0 nitrogen and oxygen atoms in total. The minimum absolute atomic E-state index is 0.462. The second-order valence-corrected chi connectivity index (χ2v) is 3.26. The number of hydrogen-bond acceptors (Lipinski definition) is 0. The minimum atomic E-state index is 0.462. The van der Waals surface area contributed by atoms with Gasteiger partial charge in [0.05, 0.1) is 0 Å². The standard InChI is InChI=1S/C10H20/c1-5-8-10(4,7-3)9-6-2/h5,8H,6-7,9H2,1-4H3/b8-5+. The molecule has 0 heteroatoms. The van der Waals surface area contributed by atoms with Gasteiger partial charge in [0.2, 0.25) is 0 Å². The molecule has 60 valence electrons. The van der Waals surface area contributed by atoms with E-state index < -0.39 is 0 Å². The van der Waals surface area contributed by atoms with Crippen LogP contribution in [0.4, 0.5) is 0 Å². The minimum Gasteiger partial charge on any atom is -0.0911 e. The zero-order chi connectivity index (χ0) is 8.04. The van der Waals surface area contributed by atoms with E-state index in [1.54, 1.807) is 0 Å². The fourth-order valence-electron chi connectivity index (χ4n) is 1.35. The molecule has 0 heterocycles. The maximum atomic E-state index is 2.33. The molecule has 0 fully saturated rings. The van der Waals surface area contributed by atoms with Crippen molar-refractivity contribution in [3.8, 4) is 0 Å². The van der Waals surface area contributed by atoms with Crippen LogP contribution in [0.25, 0.3) is 0 Å². The summed E-state index contributed by atoms with van der Waals surface area (Å²) in [4.78, 5) is 0. The van der Waals surface area contributed by atoms with Crippen molar-refractivity contribution in [3.63, 3.8) is 0 Å². The molecule has 0 aromatic rings. The molecular weight excluding hydrogens is 120 g/mol. The Morgan fingerprint density at radius 1 is 1.30 bits per heavy atom. The summed E-state index contributed by atoms with van der Waals surface area (Å²) < 4.78 is 0. The monoisotopic (exact) mass is 140 g/mol. The summed E-state index contributed by atoms with van der Waals surface area (Å²) in [5.41, 5.74) is 0.462. The smallest absolute Gasteiger partial charge is 0.0149 e. The Bertz CT molecular complexity index is 103. The van der Waals surface area contributed by atoms with E-state index in [0.717, 1.165) is 0 Å². The lowest BCUT2D eigenvalue weighted by Gasteiger charge is -2.23. The van der Waals surface area contributed by atoms with Crippen molar-refractivity contribution in [2.24, 2.45) is 5.41 Å². The van der Waals surface area contributed by atoms with E-state index >= 15 is 0 Å². The highest BCUT2D eigenvalue weighted by Gasteiger charge is 2.15. The van der Waals surface area contributed by atoms with Crippen LogP contribution in [0.15, 0.2) is 12.2 Å². The predicted octanol–water partition coefficient (Wildman–Crippen LogP) is 3.78. The zero-order valence-electron chi connectivity index (χ0n) is 7.78. The molecular formula is C10H20. The Morgan fingerprint density at radius 2 is 1.90 bits per heavy atom. The Labute approximate surface area is 65.3 Å². The lowest BCUT2D eigenvalue weighted by Crippen LogP contribution is -2.10. The summed E-state index contributed by atoms with van der Waals surface area (Å²) in [6.07, 6.45) is 8.35. The molecule has 0 aromatic heterocycles. The molecule has 0 aromatic carbocycles. The van der Waals surface area contributed by atoms with Gasteiger partial charge in [-0.2, -0.15) is 0 Å². The van der Waals surface area contributed by atoms with Crippen LogP contribution < -0.4 is 0 Å². The third kappa shape index (κ3) is 3.05. The van der Waals surface area contributed by atoms with Crippen LogP contribution in [-0.2, 0) is 0 Å². The summed E-state index contributed by atoms with van der Waals surface area (Å²) >= 11 is 0. The third-order valence-corrected chi connectivity index (χ3v) is 2.20. The topological polar surface area (TPSA) is 0 Å². The number of rotatable bonds is 4. The average molecular weight is 140 g/mol. The van der Waals surface area contributed by atoms with Crippen molar-refractivity contribution < 1.29 is 0 Å². The van der Waals surface area contributed by atoms with Gasteiger partial charge >= 0.3 is 0 Å².